The summed E-state index contributed by atoms with van der Waals surface area (Å²) in [7, 11) is 0. The highest BCUT2D eigenvalue weighted by Crippen LogP contribution is 2.48. The van der Waals surface area contributed by atoms with Gasteiger partial charge in [-0.25, -0.2) is 0 Å². The minimum absolute atomic E-state index is 0.811. The zero-order valence-corrected chi connectivity index (χ0v) is 26.7. The molecule has 4 nitrogen and oxygen atoms in total. The van der Waals surface area contributed by atoms with Crippen LogP contribution in [0.3, 0.4) is 0 Å². The van der Waals surface area contributed by atoms with E-state index in [2.05, 4.69) is 157 Å². The molecule has 0 saturated carbocycles. The predicted octanol–water partition coefficient (Wildman–Crippen LogP) is 13.0. The number of hydrogen-bond acceptors (Lipinski definition) is 4. The summed E-state index contributed by atoms with van der Waals surface area (Å²) in [6.07, 6.45) is 0. The maximum Gasteiger partial charge on any atom is 0.160 e. The molecule has 0 N–H and O–H groups in total. The van der Waals surface area contributed by atoms with Crippen LogP contribution in [0.4, 0.5) is 34.1 Å². The van der Waals surface area contributed by atoms with Crippen molar-refractivity contribution in [3.8, 4) is 0 Å². The Labute approximate surface area is 278 Å². The lowest BCUT2D eigenvalue weighted by Crippen LogP contribution is -2.10. The third kappa shape index (κ3) is 4.61. The number of anilines is 6. The Balaban J connectivity index is 1.32. The molecule has 0 amide bonds. The summed E-state index contributed by atoms with van der Waals surface area (Å²) in [5.74, 6) is 0. The molecule has 0 unspecified atom stereocenters. The first-order chi connectivity index (χ1) is 23.6. The standard InChI is InChI=1S/C44H32N2O2/c1-29-17-21-33(22-18-29)45(31-11-5-3-6-12-31)35-25-26-37-40(27-35)47-41-28-38(44-43(42(37)41)36-15-9-10-16-39(36)48-44)46(32-13-7-4-8-14-32)34-23-19-30(2)20-24-34/h3-28H,1-2H3. The quantitative estimate of drug-likeness (QED) is 0.185. The lowest BCUT2D eigenvalue weighted by molar-refractivity contribution is 0.663. The number of benzene rings is 7. The van der Waals surface area contributed by atoms with Crippen LogP contribution in [0.5, 0.6) is 0 Å². The van der Waals surface area contributed by atoms with Crippen LogP contribution in [0.25, 0.3) is 43.9 Å². The van der Waals surface area contributed by atoms with Crippen molar-refractivity contribution >= 4 is 78.0 Å². The van der Waals surface area contributed by atoms with E-state index < -0.39 is 0 Å². The van der Waals surface area contributed by atoms with Crippen molar-refractivity contribution in [2.24, 2.45) is 0 Å². The molecule has 0 aliphatic carbocycles. The predicted molar refractivity (Wildman–Crippen MR) is 200 cm³/mol. The first kappa shape index (κ1) is 28.0. The minimum Gasteiger partial charge on any atom is -0.456 e. The lowest BCUT2D eigenvalue weighted by Gasteiger charge is -2.25. The molecule has 2 aromatic heterocycles. The Morgan fingerprint density at radius 1 is 0.375 bits per heavy atom. The van der Waals surface area contributed by atoms with Gasteiger partial charge in [0, 0.05) is 62.1 Å². The molecule has 48 heavy (non-hydrogen) atoms. The van der Waals surface area contributed by atoms with Crippen LogP contribution in [0, 0.1) is 13.8 Å². The number of fused-ring (bicyclic) bond motifs is 7. The summed E-state index contributed by atoms with van der Waals surface area (Å²) in [5, 5.41) is 4.22. The molecular formula is C44H32N2O2. The van der Waals surface area contributed by atoms with E-state index in [-0.39, 0.29) is 0 Å². The zero-order chi connectivity index (χ0) is 32.2. The second-order valence-electron chi connectivity index (χ2n) is 12.4. The summed E-state index contributed by atoms with van der Waals surface area (Å²) in [6, 6.07) is 55.2. The second-order valence-corrected chi connectivity index (χ2v) is 12.4. The molecule has 0 aliphatic heterocycles. The molecule has 0 aliphatic rings. The van der Waals surface area contributed by atoms with Crippen LogP contribution >= 0.6 is 0 Å². The van der Waals surface area contributed by atoms with Gasteiger partial charge in [-0.05, 0) is 80.6 Å². The molecule has 9 rings (SSSR count). The van der Waals surface area contributed by atoms with Gasteiger partial charge in [0.2, 0.25) is 0 Å². The van der Waals surface area contributed by atoms with Crippen molar-refractivity contribution in [1.82, 2.24) is 0 Å². The summed E-state index contributed by atoms with van der Waals surface area (Å²) >= 11 is 0. The molecule has 0 saturated heterocycles. The Morgan fingerprint density at radius 2 is 0.896 bits per heavy atom. The summed E-state index contributed by atoms with van der Waals surface area (Å²) < 4.78 is 13.6. The number of rotatable bonds is 6. The number of para-hydroxylation sites is 3. The van der Waals surface area contributed by atoms with Crippen LogP contribution in [-0.2, 0) is 0 Å². The molecule has 7 aromatic carbocycles. The Hall–Kier alpha value is -6.26. The van der Waals surface area contributed by atoms with Crippen LogP contribution in [0.15, 0.2) is 167 Å². The summed E-state index contributed by atoms with van der Waals surface area (Å²) in [4.78, 5) is 4.53. The first-order valence-electron chi connectivity index (χ1n) is 16.3. The first-order valence-corrected chi connectivity index (χ1v) is 16.3. The van der Waals surface area contributed by atoms with Gasteiger partial charge in [-0.1, -0.05) is 90.0 Å². The van der Waals surface area contributed by atoms with Gasteiger partial charge >= 0.3 is 0 Å². The fourth-order valence-electron chi connectivity index (χ4n) is 6.85. The van der Waals surface area contributed by atoms with E-state index in [0.29, 0.717) is 0 Å². The number of furan rings is 2. The van der Waals surface area contributed by atoms with Gasteiger partial charge in [-0.2, -0.15) is 0 Å². The number of nitrogens with zero attached hydrogens (tertiary/aromatic N) is 2. The van der Waals surface area contributed by atoms with Gasteiger partial charge in [0.05, 0.1) is 5.69 Å². The topological polar surface area (TPSA) is 32.8 Å². The maximum atomic E-state index is 6.85. The van der Waals surface area contributed by atoms with E-state index in [0.717, 1.165) is 78.0 Å². The third-order valence-electron chi connectivity index (χ3n) is 9.16. The lowest BCUT2D eigenvalue weighted by atomic mass is 10.0. The van der Waals surface area contributed by atoms with Crippen molar-refractivity contribution in [1.29, 1.82) is 0 Å². The van der Waals surface area contributed by atoms with Crippen molar-refractivity contribution in [3.05, 3.63) is 169 Å². The zero-order valence-electron chi connectivity index (χ0n) is 26.7. The molecule has 2 heterocycles. The summed E-state index contributed by atoms with van der Waals surface area (Å²) in [6.45, 7) is 4.23. The number of aryl methyl sites for hydroxylation is 2. The molecule has 9 aromatic rings. The van der Waals surface area contributed by atoms with Crippen molar-refractivity contribution in [2.45, 2.75) is 13.8 Å². The van der Waals surface area contributed by atoms with Crippen molar-refractivity contribution < 1.29 is 8.83 Å². The monoisotopic (exact) mass is 620 g/mol. The van der Waals surface area contributed by atoms with Crippen molar-refractivity contribution in [2.75, 3.05) is 9.80 Å². The summed E-state index contributed by atoms with van der Waals surface area (Å²) in [5.41, 5.74) is 11.9. The molecular weight excluding hydrogens is 588 g/mol. The molecule has 0 spiro atoms. The van der Waals surface area contributed by atoms with E-state index in [9.17, 15) is 0 Å². The van der Waals surface area contributed by atoms with Crippen LogP contribution in [0.2, 0.25) is 0 Å². The highest BCUT2D eigenvalue weighted by molar-refractivity contribution is 6.28. The molecule has 0 bridgehead atoms. The van der Waals surface area contributed by atoms with E-state index in [1.54, 1.807) is 0 Å². The molecule has 0 atom stereocenters. The second kappa shape index (κ2) is 11.2. The molecule has 4 heteroatoms. The van der Waals surface area contributed by atoms with Gasteiger partial charge in [0.1, 0.15) is 16.7 Å². The van der Waals surface area contributed by atoms with Gasteiger partial charge in [-0.3, -0.25) is 0 Å². The third-order valence-corrected chi connectivity index (χ3v) is 9.16. The maximum absolute atomic E-state index is 6.85. The Morgan fingerprint density at radius 3 is 1.56 bits per heavy atom. The highest BCUT2D eigenvalue weighted by Gasteiger charge is 2.25. The fraction of sp³-hybridized carbons (Fsp3) is 0.0455. The van der Waals surface area contributed by atoms with E-state index in [1.165, 1.54) is 11.1 Å². The smallest absolute Gasteiger partial charge is 0.160 e. The largest absolute Gasteiger partial charge is 0.456 e. The molecule has 230 valence electrons. The SMILES string of the molecule is Cc1ccc(N(c2ccccc2)c2ccc3c(c2)oc2cc(N(c4ccccc4)c4ccc(C)cc4)c4oc5ccccc5c4c23)cc1. The highest BCUT2D eigenvalue weighted by atomic mass is 16.3. The fourth-order valence-corrected chi connectivity index (χ4v) is 6.85. The van der Waals surface area contributed by atoms with Crippen LogP contribution in [-0.4, -0.2) is 0 Å². The van der Waals surface area contributed by atoms with Crippen LogP contribution < -0.4 is 9.80 Å². The Bertz CT molecular complexity index is 2570. The average molecular weight is 621 g/mol. The van der Waals surface area contributed by atoms with E-state index >= 15 is 0 Å². The van der Waals surface area contributed by atoms with E-state index in [4.69, 9.17) is 8.83 Å². The number of hydrogen-bond donors (Lipinski definition) is 0. The normalized spacial score (nSPS) is 11.5. The minimum atomic E-state index is 0.811. The molecule has 0 radical (unpaired) electrons. The average Bonchev–Trinajstić information content (AvgIpc) is 3.69. The molecule has 0 fully saturated rings. The van der Waals surface area contributed by atoms with Gasteiger partial charge in [-0.15, -0.1) is 0 Å². The van der Waals surface area contributed by atoms with Gasteiger partial charge in [0.15, 0.2) is 5.58 Å². The van der Waals surface area contributed by atoms with Crippen LogP contribution in [0.1, 0.15) is 11.1 Å². The van der Waals surface area contributed by atoms with Gasteiger partial charge < -0.3 is 18.6 Å². The Kier molecular flexibility index (Phi) is 6.54. The van der Waals surface area contributed by atoms with Crippen molar-refractivity contribution in [3.63, 3.8) is 0 Å². The van der Waals surface area contributed by atoms with Gasteiger partial charge in [0.25, 0.3) is 0 Å². The van der Waals surface area contributed by atoms with E-state index in [1.807, 2.05) is 24.3 Å².